The summed E-state index contributed by atoms with van der Waals surface area (Å²) < 4.78 is 0. The highest BCUT2D eigenvalue weighted by atomic mass is 35.5. The molecule has 1 aromatic carbocycles. The summed E-state index contributed by atoms with van der Waals surface area (Å²) in [6.07, 6.45) is -0.0165. The van der Waals surface area contributed by atoms with E-state index >= 15 is 0 Å². The number of rotatable bonds is 5. The number of amides is 1. The third-order valence-corrected chi connectivity index (χ3v) is 2.53. The number of primary amides is 1. The zero-order valence-electron chi connectivity index (χ0n) is 9.31. The monoisotopic (exact) mass is 256 g/mol. The molecule has 0 fully saturated rings. The molecule has 0 atom stereocenters. The Labute approximate surface area is 104 Å². The number of hydrogen-bond donors (Lipinski definition) is 2. The maximum absolute atomic E-state index is 11.2. The molecule has 17 heavy (non-hydrogen) atoms. The van der Waals surface area contributed by atoms with Gasteiger partial charge in [-0.3, -0.25) is 9.59 Å². The predicted molar refractivity (Wildman–Crippen MR) is 65.5 cm³/mol. The van der Waals surface area contributed by atoms with Gasteiger partial charge in [-0.2, -0.15) is 0 Å². The van der Waals surface area contributed by atoms with Crippen LogP contribution in [0, 0.1) is 0 Å². The highest BCUT2D eigenvalue weighted by molar-refractivity contribution is 6.31. The standard InChI is InChI=1S/C11H13ClN2O3/c1-14(5-4-10(15)16)9-3-2-7(12)6-8(9)11(13)17/h2-3,6H,4-5H2,1H3,(H2,13,17)(H,15,16). The molecule has 3 N–H and O–H groups in total. The summed E-state index contributed by atoms with van der Waals surface area (Å²) in [5, 5.41) is 9.00. The molecular weight excluding hydrogens is 244 g/mol. The van der Waals surface area contributed by atoms with E-state index in [9.17, 15) is 9.59 Å². The van der Waals surface area contributed by atoms with Crippen molar-refractivity contribution in [3.63, 3.8) is 0 Å². The maximum Gasteiger partial charge on any atom is 0.305 e. The molecule has 0 aliphatic carbocycles. The van der Waals surface area contributed by atoms with E-state index in [2.05, 4.69) is 0 Å². The van der Waals surface area contributed by atoms with E-state index in [-0.39, 0.29) is 18.5 Å². The topological polar surface area (TPSA) is 83.6 Å². The van der Waals surface area contributed by atoms with E-state index < -0.39 is 11.9 Å². The number of nitrogens with two attached hydrogens (primary N) is 1. The van der Waals surface area contributed by atoms with E-state index in [0.717, 1.165) is 0 Å². The number of benzene rings is 1. The third-order valence-electron chi connectivity index (χ3n) is 2.30. The van der Waals surface area contributed by atoms with Crippen LogP contribution < -0.4 is 10.6 Å². The van der Waals surface area contributed by atoms with Crippen LogP contribution in [0.4, 0.5) is 5.69 Å². The average molecular weight is 257 g/mol. The van der Waals surface area contributed by atoms with Gasteiger partial charge in [0.15, 0.2) is 0 Å². The van der Waals surface area contributed by atoms with Gasteiger partial charge in [0.1, 0.15) is 0 Å². The smallest absolute Gasteiger partial charge is 0.305 e. The van der Waals surface area contributed by atoms with Crippen LogP contribution in [0.3, 0.4) is 0 Å². The Bertz CT molecular complexity index is 448. The van der Waals surface area contributed by atoms with Crippen molar-refractivity contribution >= 4 is 29.2 Å². The van der Waals surface area contributed by atoms with E-state index in [1.54, 1.807) is 24.1 Å². The van der Waals surface area contributed by atoms with Gasteiger partial charge in [-0.15, -0.1) is 0 Å². The number of halogens is 1. The van der Waals surface area contributed by atoms with E-state index in [1.807, 2.05) is 0 Å². The lowest BCUT2D eigenvalue weighted by Gasteiger charge is -2.20. The average Bonchev–Trinajstić information content (AvgIpc) is 2.25. The van der Waals surface area contributed by atoms with Gasteiger partial charge >= 0.3 is 5.97 Å². The van der Waals surface area contributed by atoms with Gasteiger partial charge in [0.25, 0.3) is 5.91 Å². The van der Waals surface area contributed by atoms with Crippen LogP contribution in [0.25, 0.3) is 0 Å². The summed E-state index contributed by atoms with van der Waals surface area (Å²) in [6.45, 7) is 0.289. The molecule has 0 saturated heterocycles. The third kappa shape index (κ3) is 3.64. The molecular formula is C11H13ClN2O3. The number of hydrogen-bond acceptors (Lipinski definition) is 3. The zero-order valence-corrected chi connectivity index (χ0v) is 10.1. The van der Waals surface area contributed by atoms with E-state index in [0.29, 0.717) is 10.7 Å². The number of carbonyl (C=O) groups is 2. The lowest BCUT2D eigenvalue weighted by Crippen LogP contribution is -2.24. The molecule has 5 nitrogen and oxygen atoms in total. The molecule has 1 aromatic rings. The molecule has 6 heteroatoms. The van der Waals surface area contributed by atoms with E-state index in [4.69, 9.17) is 22.4 Å². The summed E-state index contributed by atoms with van der Waals surface area (Å²) in [5.74, 6) is -1.49. The number of nitrogens with zero attached hydrogens (tertiary/aromatic N) is 1. The van der Waals surface area contributed by atoms with Gasteiger partial charge in [-0.1, -0.05) is 11.6 Å². The molecule has 1 rings (SSSR count). The SMILES string of the molecule is CN(CCC(=O)O)c1ccc(Cl)cc1C(N)=O. The fourth-order valence-electron chi connectivity index (χ4n) is 1.42. The van der Waals surface area contributed by atoms with Crippen molar-refractivity contribution in [3.8, 4) is 0 Å². The lowest BCUT2D eigenvalue weighted by molar-refractivity contribution is -0.136. The lowest BCUT2D eigenvalue weighted by atomic mass is 10.1. The Morgan fingerprint density at radius 2 is 2.12 bits per heavy atom. The molecule has 1 amide bonds. The van der Waals surface area contributed by atoms with Gasteiger partial charge in [-0.05, 0) is 18.2 Å². The van der Waals surface area contributed by atoms with Crippen LogP contribution >= 0.6 is 11.6 Å². The van der Waals surface area contributed by atoms with Gasteiger partial charge in [-0.25, -0.2) is 0 Å². The number of aliphatic carboxylic acids is 1. The normalized spacial score (nSPS) is 10.0. The fourth-order valence-corrected chi connectivity index (χ4v) is 1.59. The van der Waals surface area contributed by atoms with Crippen LogP contribution in [0.5, 0.6) is 0 Å². The number of carboxylic acids is 1. The van der Waals surface area contributed by atoms with Crippen molar-refractivity contribution in [2.75, 3.05) is 18.5 Å². The summed E-state index contributed by atoms with van der Waals surface area (Å²) in [7, 11) is 1.69. The predicted octanol–water partition coefficient (Wildman–Crippen LogP) is 1.35. The summed E-state index contributed by atoms with van der Waals surface area (Å²) in [5.41, 5.74) is 6.09. The minimum atomic E-state index is -0.897. The van der Waals surface area contributed by atoms with Crippen LogP contribution in [0.2, 0.25) is 5.02 Å². The highest BCUT2D eigenvalue weighted by Gasteiger charge is 2.13. The summed E-state index contributed by atoms with van der Waals surface area (Å²) in [6, 6.07) is 4.74. The minimum absolute atomic E-state index is 0.0165. The molecule has 0 bridgehead atoms. The number of carboxylic acid groups (broad SMARTS) is 1. The second-order valence-electron chi connectivity index (χ2n) is 3.59. The van der Waals surface area contributed by atoms with Gasteiger partial charge in [0, 0.05) is 24.3 Å². The molecule has 0 aliphatic heterocycles. The van der Waals surface area contributed by atoms with E-state index in [1.165, 1.54) is 6.07 Å². The molecule has 0 unspecified atom stereocenters. The van der Waals surface area contributed by atoms with Gasteiger partial charge < -0.3 is 15.7 Å². The van der Waals surface area contributed by atoms with Crippen LogP contribution in [0.1, 0.15) is 16.8 Å². The molecule has 0 spiro atoms. The van der Waals surface area contributed by atoms with Gasteiger partial charge in [0.2, 0.25) is 0 Å². The van der Waals surface area contributed by atoms with Crippen molar-refractivity contribution in [1.29, 1.82) is 0 Å². The fraction of sp³-hybridized carbons (Fsp3) is 0.273. The van der Waals surface area contributed by atoms with Gasteiger partial charge in [0.05, 0.1) is 12.0 Å². The molecule has 0 heterocycles. The Morgan fingerprint density at radius 3 is 2.65 bits per heavy atom. The Kier molecular flexibility index (Phi) is 4.34. The van der Waals surface area contributed by atoms with Crippen LogP contribution in [-0.2, 0) is 4.79 Å². The van der Waals surface area contributed by atoms with Crippen molar-refractivity contribution < 1.29 is 14.7 Å². The first-order valence-electron chi connectivity index (χ1n) is 4.94. The van der Waals surface area contributed by atoms with Crippen LogP contribution in [0.15, 0.2) is 18.2 Å². The first kappa shape index (κ1) is 13.3. The largest absolute Gasteiger partial charge is 0.481 e. The summed E-state index contributed by atoms with van der Waals surface area (Å²) >= 11 is 5.77. The second kappa shape index (κ2) is 5.54. The summed E-state index contributed by atoms with van der Waals surface area (Å²) in [4.78, 5) is 23.4. The first-order chi connectivity index (χ1) is 7.91. The molecule has 0 saturated carbocycles. The van der Waals surface area contributed by atoms with Crippen molar-refractivity contribution in [2.45, 2.75) is 6.42 Å². The van der Waals surface area contributed by atoms with Crippen LogP contribution in [-0.4, -0.2) is 30.6 Å². The molecule has 0 aromatic heterocycles. The quantitative estimate of drug-likeness (QED) is 0.833. The molecule has 0 aliphatic rings. The maximum atomic E-state index is 11.2. The Hall–Kier alpha value is -1.75. The molecule has 0 radical (unpaired) electrons. The molecule has 92 valence electrons. The zero-order chi connectivity index (χ0) is 13.0. The first-order valence-corrected chi connectivity index (χ1v) is 5.32. The highest BCUT2D eigenvalue weighted by Crippen LogP contribution is 2.23. The van der Waals surface area contributed by atoms with Crippen molar-refractivity contribution in [3.05, 3.63) is 28.8 Å². The minimum Gasteiger partial charge on any atom is -0.481 e. The van der Waals surface area contributed by atoms with Crippen molar-refractivity contribution in [2.24, 2.45) is 5.73 Å². The number of anilines is 1. The second-order valence-corrected chi connectivity index (χ2v) is 4.03. The number of carbonyl (C=O) groups excluding carboxylic acids is 1. The van der Waals surface area contributed by atoms with Crippen molar-refractivity contribution in [1.82, 2.24) is 0 Å². The Morgan fingerprint density at radius 1 is 1.47 bits per heavy atom. The Balaban J connectivity index is 2.96.